The Morgan fingerprint density at radius 3 is 2.52 bits per heavy atom. The lowest BCUT2D eigenvalue weighted by Crippen LogP contribution is -2.06. The van der Waals surface area contributed by atoms with E-state index in [2.05, 4.69) is 20.6 Å². The molecule has 6 nitrogen and oxygen atoms in total. The Labute approximate surface area is 151 Å². The molecular formula is C18H18ClN5O. The minimum Gasteiger partial charge on any atom is -0.497 e. The van der Waals surface area contributed by atoms with E-state index in [-0.39, 0.29) is 0 Å². The van der Waals surface area contributed by atoms with Crippen LogP contribution in [0.25, 0.3) is 0 Å². The van der Waals surface area contributed by atoms with E-state index in [1.165, 1.54) is 6.33 Å². The Kier molecular flexibility index (Phi) is 4.90. The number of methoxy groups -OCH3 is 1. The molecule has 0 saturated heterocycles. The molecule has 0 saturated carbocycles. The first-order chi connectivity index (χ1) is 12.1. The van der Waals surface area contributed by atoms with E-state index in [1.807, 2.05) is 49.4 Å². The highest BCUT2D eigenvalue weighted by Crippen LogP contribution is 2.31. The van der Waals surface area contributed by atoms with Crippen molar-refractivity contribution in [1.29, 1.82) is 0 Å². The third-order valence-corrected chi connectivity index (χ3v) is 4.15. The quantitative estimate of drug-likeness (QED) is 0.624. The molecule has 1 aromatic heterocycles. The van der Waals surface area contributed by atoms with Gasteiger partial charge < -0.3 is 21.1 Å². The van der Waals surface area contributed by atoms with E-state index in [9.17, 15) is 0 Å². The fraction of sp³-hybridized carbons (Fsp3) is 0.111. The smallest absolute Gasteiger partial charge is 0.159 e. The minimum absolute atomic E-state index is 0.407. The van der Waals surface area contributed by atoms with Gasteiger partial charge >= 0.3 is 0 Å². The summed E-state index contributed by atoms with van der Waals surface area (Å²) < 4.78 is 5.22. The molecule has 2 aromatic carbocycles. The maximum Gasteiger partial charge on any atom is 0.159 e. The fourth-order valence-electron chi connectivity index (χ4n) is 2.30. The first-order valence-corrected chi connectivity index (χ1v) is 8.00. The van der Waals surface area contributed by atoms with Crippen molar-refractivity contribution in [1.82, 2.24) is 9.97 Å². The minimum atomic E-state index is 0.407. The monoisotopic (exact) mass is 355 g/mol. The normalized spacial score (nSPS) is 10.4. The molecule has 0 amide bonds. The van der Waals surface area contributed by atoms with Crippen molar-refractivity contribution in [3.05, 3.63) is 59.4 Å². The maximum atomic E-state index is 6.22. The molecule has 0 aliphatic heterocycles. The van der Waals surface area contributed by atoms with Gasteiger partial charge in [-0.1, -0.05) is 23.7 Å². The van der Waals surface area contributed by atoms with Crippen LogP contribution in [-0.4, -0.2) is 17.1 Å². The molecule has 0 spiro atoms. The first kappa shape index (κ1) is 16.9. The zero-order chi connectivity index (χ0) is 17.8. The third-order valence-electron chi connectivity index (χ3n) is 3.74. The summed E-state index contributed by atoms with van der Waals surface area (Å²) in [5.41, 5.74) is 9.20. The van der Waals surface area contributed by atoms with Gasteiger partial charge in [-0.3, -0.25) is 0 Å². The molecular weight excluding hydrogens is 338 g/mol. The number of ether oxygens (including phenoxy) is 1. The van der Waals surface area contributed by atoms with Crippen LogP contribution in [0.4, 0.5) is 28.7 Å². The van der Waals surface area contributed by atoms with Crippen molar-refractivity contribution in [3.8, 4) is 5.75 Å². The number of nitrogens with one attached hydrogen (secondary N) is 2. The van der Waals surface area contributed by atoms with Crippen LogP contribution in [0.3, 0.4) is 0 Å². The van der Waals surface area contributed by atoms with Crippen LogP contribution in [0.2, 0.25) is 5.02 Å². The van der Waals surface area contributed by atoms with E-state index in [0.717, 1.165) is 22.7 Å². The van der Waals surface area contributed by atoms with Crippen LogP contribution in [0.15, 0.2) is 48.8 Å². The molecule has 0 bridgehead atoms. The Balaban J connectivity index is 1.88. The van der Waals surface area contributed by atoms with Crippen molar-refractivity contribution in [2.45, 2.75) is 6.92 Å². The second-order valence-electron chi connectivity index (χ2n) is 5.38. The predicted octanol–water partition coefficient (Wildman–Crippen LogP) is 4.52. The number of aromatic nitrogens is 2. The summed E-state index contributed by atoms with van der Waals surface area (Å²) in [5, 5.41) is 7.06. The number of hydrogen-bond donors (Lipinski definition) is 3. The lowest BCUT2D eigenvalue weighted by Gasteiger charge is -2.14. The number of benzene rings is 2. The Hall–Kier alpha value is -2.99. The average Bonchev–Trinajstić information content (AvgIpc) is 2.62. The number of nitrogens with two attached hydrogens (primary N) is 1. The van der Waals surface area contributed by atoms with Gasteiger partial charge in [-0.2, -0.15) is 0 Å². The molecule has 128 valence electrons. The molecule has 3 aromatic rings. The Morgan fingerprint density at radius 1 is 1.04 bits per heavy atom. The second-order valence-corrected chi connectivity index (χ2v) is 5.79. The molecule has 0 unspecified atom stereocenters. The van der Waals surface area contributed by atoms with E-state index < -0.39 is 0 Å². The summed E-state index contributed by atoms with van der Waals surface area (Å²) in [6.07, 6.45) is 1.45. The SMILES string of the molecule is COc1cccc(Nc2ncnc(Nc3cccc(Cl)c3C)c2N)c1. The predicted molar refractivity (Wildman–Crippen MR) is 102 cm³/mol. The summed E-state index contributed by atoms with van der Waals surface area (Å²) in [5.74, 6) is 1.75. The van der Waals surface area contributed by atoms with Crippen LogP contribution in [0.5, 0.6) is 5.75 Å². The lowest BCUT2D eigenvalue weighted by atomic mass is 10.2. The van der Waals surface area contributed by atoms with Gasteiger partial charge in [-0.15, -0.1) is 0 Å². The third kappa shape index (κ3) is 3.75. The molecule has 0 atom stereocenters. The summed E-state index contributed by atoms with van der Waals surface area (Å²) >= 11 is 6.16. The number of anilines is 5. The summed E-state index contributed by atoms with van der Waals surface area (Å²) in [4.78, 5) is 8.44. The lowest BCUT2D eigenvalue weighted by molar-refractivity contribution is 0.415. The zero-order valence-electron chi connectivity index (χ0n) is 13.9. The van der Waals surface area contributed by atoms with E-state index >= 15 is 0 Å². The van der Waals surface area contributed by atoms with Gasteiger partial charge in [-0.05, 0) is 36.8 Å². The molecule has 0 aliphatic rings. The highest BCUT2D eigenvalue weighted by atomic mass is 35.5. The van der Waals surface area contributed by atoms with Crippen LogP contribution < -0.4 is 21.1 Å². The molecule has 7 heteroatoms. The van der Waals surface area contributed by atoms with Gasteiger partial charge in [0, 0.05) is 22.5 Å². The molecule has 0 radical (unpaired) electrons. The average molecular weight is 356 g/mol. The summed E-state index contributed by atoms with van der Waals surface area (Å²) in [6, 6.07) is 13.1. The van der Waals surface area contributed by atoms with E-state index in [0.29, 0.717) is 22.3 Å². The number of hydrogen-bond acceptors (Lipinski definition) is 6. The fourth-order valence-corrected chi connectivity index (χ4v) is 2.48. The van der Waals surface area contributed by atoms with Crippen LogP contribution in [0.1, 0.15) is 5.56 Å². The first-order valence-electron chi connectivity index (χ1n) is 7.62. The van der Waals surface area contributed by atoms with Gasteiger partial charge in [0.25, 0.3) is 0 Å². The van der Waals surface area contributed by atoms with Crippen molar-refractivity contribution in [2.75, 3.05) is 23.5 Å². The van der Waals surface area contributed by atoms with Gasteiger partial charge in [0.1, 0.15) is 17.8 Å². The van der Waals surface area contributed by atoms with Crippen molar-refractivity contribution in [2.24, 2.45) is 0 Å². The number of rotatable bonds is 5. The molecule has 1 heterocycles. The van der Waals surface area contributed by atoms with E-state index in [1.54, 1.807) is 7.11 Å². The van der Waals surface area contributed by atoms with Gasteiger partial charge in [-0.25, -0.2) is 9.97 Å². The molecule has 0 aliphatic carbocycles. The molecule has 0 fully saturated rings. The van der Waals surface area contributed by atoms with Gasteiger partial charge in [0.2, 0.25) is 0 Å². The van der Waals surface area contributed by atoms with Gasteiger partial charge in [0.05, 0.1) is 7.11 Å². The summed E-state index contributed by atoms with van der Waals surface area (Å²) in [6.45, 7) is 1.93. The topological polar surface area (TPSA) is 85.1 Å². The van der Waals surface area contributed by atoms with Crippen LogP contribution >= 0.6 is 11.6 Å². The summed E-state index contributed by atoms with van der Waals surface area (Å²) in [7, 11) is 1.62. The maximum absolute atomic E-state index is 6.22. The largest absolute Gasteiger partial charge is 0.497 e. The standard InChI is InChI=1S/C18H18ClN5O/c1-11-14(19)7-4-8-15(11)24-18-16(20)17(21-10-22-18)23-12-5-3-6-13(9-12)25-2/h3-10H,20H2,1-2H3,(H2,21,22,23,24). The van der Waals surface area contributed by atoms with Crippen molar-refractivity contribution >= 4 is 40.3 Å². The van der Waals surface area contributed by atoms with Crippen LogP contribution in [-0.2, 0) is 0 Å². The molecule has 4 N–H and O–H groups in total. The Bertz CT molecular complexity index is 900. The number of halogens is 1. The number of nitrogen functional groups attached to an aromatic ring is 1. The number of nitrogens with zero attached hydrogens (tertiary/aromatic N) is 2. The highest BCUT2D eigenvalue weighted by molar-refractivity contribution is 6.31. The highest BCUT2D eigenvalue weighted by Gasteiger charge is 2.11. The van der Waals surface area contributed by atoms with Crippen molar-refractivity contribution in [3.63, 3.8) is 0 Å². The molecule has 3 rings (SSSR count). The van der Waals surface area contributed by atoms with E-state index in [4.69, 9.17) is 22.1 Å². The van der Waals surface area contributed by atoms with Crippen LogP contribution in [0, 0.1) is 6.92 Å². The van der Waals surface area contributed by atoms with Crippen molar-refractivity contribution < 1.29 is 4.74 Å². The molecule has 25 heavy (non-hydrogen) atoms. The zero-order valence-corrected chi connectivity index (χ0v) is 14.6. The Morgan fingerprint density at radius 2 is 1.76 bits per heavy atom. The second kappa shape index (κ2) is 7.27. The van der Waals surface area contributed by atoms with Gasteiger partial charge in [0.15, 0.2) is 11.6 Å².